The van der Waals surface area contributed by atoms with Crippen LogP contribution in [0.2, 0.25) is 0 Å². The SMILES string of the molecule is CCC(O)Cc1c(C(=O)OC)cc(O)c(O)c1O. The van der Waals surface area contributed by atoms with E-state index < -0.39 is 29.3 Å². The zero-order valence-corrected chi connectivity index (χ0v) is 10.2. The first-order valence-electron chi connectivity index (χ1n) is 5.45. The number of esters is 1. The number of ether oxygens (including phenoxy) is 1. The third-order valence-corrected chi connectivity index (χ3v) is 2.68. The Kier molecular flexibility index (Phi) is 4.38. The molecule has 0 saturated carbocycles. The van der Waals surface area contributed by atoms with Gasteiger partial charge < -0.3 is 25.2 Å². The molecule has 0 aliphatic carbocycles. The number of phenolic OH excluding ortho intramolecular Hbond substituents is 3. The van der Waals surface area contributed by atoms with Crippen molar-refractivity contribution in [1.82, 2.24) is 0 Å². The average molecular weight is 256 g/mol. The van der Waals surface area contributed by atoms with Gasteiger partial charge in [0.15, 0.2) is 11.5 Å². The molecule has 0 radical (unpaired) electrons. The zero-order valence-electron chi connectivity index (χ0n) is 10.2. The van der Waals surface area contributed by atoms with Crippen molar-refractivity contribution in [3.63, 3.8) is 0 Å². The van der Waals surface area contributed by atoms with Gasteiger partial charge in [-0.3, -0.25) is 0 Å². The molecule has 1 aromatic rings. The van der Waals surface area contributed by atoms with Crippen LogP contribution in [0.5, 0.6) is 17.2 Å². The molecule has 0 aliphatic heterocycles. The maximum atomic E-state index is 11.5. The molecule has 1 unspecified atom stereocenters. The summed E-state index contributed by atoms with van der Waals surface area (Å²) < 4.78 is 4.52. The molecular weight excluding hydrogens is 240 g/mol. The highest BCUT2D eigenvalue weighted by Crippen LogP contribution is 2.40. The highest BCUT2D eigenvalue weighted by Gasteiger charge is 2.23. The summed E-state index contributed by atoms with van der Waals surface area (Å²) in [5.74, 6) is -2.73. The van der Waals surface area contributed by atoms with Gasteiger partial charge in [0.1, 0.15) is 0 Å². The second-order valence-corrected chi connectivity index (χ2v) is 3.88. The van der Waals surface area contributed by atoms with Gasteiger partial charge in [0, 0.05) is 12.0 Å². The van der Waals surface area contributed by atoms with E-state index in [0.717, 1.165) is 13.2 Å². The van der Waals surface area contributed by atoms with Crippen molar-refractivity contribution in [3.8, 4) is 17.2 Å². The molecule has 100 valence electrons. The Bertz CT molecular complexity index is 454. The summed E-state index contributed by atoms with van der Waals surface area (Å²) in [6.45, 7) is 1.74. The zero-order chi connectivity index (χ0) is 13.9. The summed E-state index contributed by atoms with van der Waals surface area (Å²) in [7, 11) is 1.16. The van der Waals surface area contributed by atoms with E-state index in [4.69, 9.17) is 0 Å². The molecule has 0 saturated heterocycles. The summed E-state index contributed by atoms with van der Waals surface area (Å²) in [5.41, 5.74) is -0.0377. The molecule has 1 rings (SSSR count). The lowest BCUT2D eigenvalue weighted by Crippen LogP contribution is -2.13. The quantitative estimate of drug-likeness (QED) is 0.471. The number of phenols is 3. The van der Waals surface area contributed by atoms with Crippen LogP contribution >= 0.6 is 0 Å². The highest BCUT2D eigenvalue weighted by atomic mass is 16.5. The van der Waals surface area contributed by atoms with Crippen LogP contribution in [0.3, 0.4) is 0 Å². The van der Waals surface area contributed by atoms with Crippen LogP contribution in [-0.4, -0.2) is 39.6 Å². The molecule has 1 aromatic carbocycles. The molecular formula is C12H16O6. The van der Waals surface area contributed by atoms with Gasteiger partial charge in [-0.15, -0.1) is 0 Å². The standard InChI is InChI=1S/C12H16O6/c1-3-6(13)4-7-8(12(17)18-2)5-9(14)11(16)10(7)15/h5-6,13-16H,3-4H2,1-2H3. The fourth-order valence-corrected chi connectivity index (χ4v) is 1.56. The van der Waals surface area contributed by atoms with E-state index in [2.05, 4.69) is 4.74 Å². The minimum absolute atomic E-state index is 0.0272. The topological polar surface area (TPSA) is 107 Å². The van der Waals surface area contributed by atoms with Gasteiger partial charge in [-0.05, 0) is 12.5 Å². The molecule has 0 spiro atoms. The molecule has 4 N–H and O–H groups in total. The molecule has 6 heteroatoms. The largest absolute Gasteiger partial charge is 0.504 e. The van der Waals surface area contributed by atoms with Crippen molar-refractivity contribution in [2.24, 2.45) is 0 Å². The van der Waals surface area contributed by atoms with Gasteiger partial charge in [-0.25, -0.2) is 4.79 Å². The minimum Gasteiger partial charge on any atom is -0.504 e. The second kappa shape index (κ2) is 5.59. The molecule has 0 aromatic heterocycles. The van der Waals surface area contributed by atoms with Crippen LogP contribution in [-0.2, 0) is 11.2 Å². The lowest BCUT2D eigenvalue weighted by atomic mass is 9.98. The monoisotopic (exact) mass is 256 g/mol. The predicted molar refractivity (Wildman–Crippen MR) is 62.8 cm³/mol. The summed E-state index contributed by atoms with van der Waals surface area (Å²) in [6.07, 6.45) is -0.384. The molecule has 0 fully saturated rings. The normalized spacial score (nSPS) is 12.2. The maximum absolute atomic E-state index is 11.5. The van der Waals surface area contributed by atoms with Gasteiger partial charge in [0.25, 0.3) is 0 Å². The Morgan fingerprint density at radius 3 is 2.44 bits per heavy atom. The van der Waals surface area contributed by atoms with Crippen LogP contribution in [0, 0.1) is 0 Å². The van der Waals surface area contributed by atoms with E-state index in [9.17, 15) is 25.2 Å². The number of hydrogen-bond acceptors (Lipinski definition) is 6. The molecule has 18 heavy (non-hydrogen) atoms. The first kappa shape index (κ1) is 14.1. The number of hydrogen-bond donors (Lipinski definition) is 4. The summed E-state index contributed by atoms with van der Waals surface area (Å²) in [5, 5.41) is 38.1. The van der Waals surface area contributed by atoms with E-state index >= 15 is 0 Å². The fourth-order valence-electron chi connectivity index (χ4n) is 1.56. The van der Waals surface area contributed by atoms with Gasteiger partial charge in [-0.2, -0.15) is 0 Å². The van der Waals surface area contributed by atoms with Crippen molar-refractivity contribution in [2.45, 2.75) is 25.9 Å². The number of aromatic hydroxyl groups is 3. The molecule has 0 heterocycles. The Morgan fingerprint density at radius 1 is 1.33 bits per heavy atom. The van der Waals surface area contributed by atoms with Gasteiger partial charge in [0.2, 0.25) is 5.75 Å². The van der Waals surface area contributed by atoms with Gasteiger partial charge in [-0.1, -0.05) is 6.92 Å². The first-order chi connectivity index (χ1) is 8.42. The van der Waals surface area contributed by atoms with Crippen LogP contribution in [0.25, 0.3) is 0 Å². The first-order valence-corrected chi connectivity index (χ1v) is 5.45. The van der Waals surface area contributed by atoms with Crippen molar-refractivity contribution in [1.29, 1.82) is 0 Å². The van der Waals surface area contributed by atoms with E-state index in [0.29, 0.717) is 6.42 Å². The van der Waals surface area contributed by atoms with E-state index in [1.165, 1.54) is 0 Å². The van der Waals surface area contributed by atoms with E-state index in [1.54, 1.807) is 6.92 Å². The summed E-state index contributed by atoms with van der Waals surface area (Å²) >= 11 is 0. The molecule has 6 nitrogen and oxygen atoms in total. The van der Waals surface area contributed by atoms with Crippen LogP contribution in [0.15, 0.2) is 6.07 Å². The van der Waals surface area contributed by atoms with Crippen molar-refractivity contribution in [2.75, 3.05) is 7.11 Å². The van der Waals surface area contributed by atoms with Gasteiger partial charge >= 0.3 is 5.97 Å². The highest BCUT2D eigenvalue weighted by molar-refractivity contribution is 5.93. The van der Waals surface area contributed by atoms with Gasteiger partial charge in [0.05, 0.1) is 18.8 Å². The smallest absolute Gasteiger partial charge is 0.338 e. The lowest BCUT2D eigenvalue weighted by Gasteiger charge is -2.15. The Morgan fingerprint density at radius 2 is 1.94 bits per heavy atom. The Labute approximate surface area is 104 Å². The molecule has 0 aliphatic rings. The number of benzene rings is 1. The molecule has 1 atom stereocenters. The van der Waals surface area contributed by atoms with E-state index in [-0.39, 0.29) is 17.5 Å². The molecule has 0 amide bonds. The third-order valence-electron chi connectivity index (χ3n) is 2.68. The number of aliphatic hydroxyl groups is 1. The maximum Gasteiger partial charge on any atom is 0.338 e. The Balaban J connectivity index is 3.34. The lowest BCUT2D eigenvalue weighted by molar-refractivity contribution is 0.0597. The number of rotatable bonds is 4. The summed E-state index contributed by atoms with van der Waals surface area (Å²) in [4.78, 5) is 11.5. The van der Waals surface area contributed by atoms with Crippen LogP contribution < -0.4 is 0 Å². The number of aliphatic hydroxyl groups excluding tert-OH is 1. The van der Waals surface area contributed by atoms with Crippen molar-refractivity contribution >= 4 is 5.97 Å². The predicted octanol–water partition coefficient (Wildman–Crippen LogP) is 0.903. The number of carbonyl (C=O) groups is 1. The van der Waals surface area contributed by atoms with Crippen LogP contribution in [0.1, 0.15) is 29.3 Å². The summed E-state index contributed by atoms with van der Waals surface area (Å²) in [6, 6.07) is 0.999. The number of carbonyl (C=O) groups excluding carboxylic acids is 1. The second-order valence-electron chi connectivity index (χ2n) is 3.88. The minimum atomic E-state index is -0.775. The average Bonchev–Trinajstić information content (AvgIpc) is 2.37. The number of methoxy groups -OCH3 is 1. The molecule has 0 bridgehead atoms. The van der Waals surface area contributed by atoms with Crippen molar-refractivity contribution < 1.29 is 30.0 Å². The fraction of sp³-hybridized carbons (Fsp3) is 0.417. The van der Waals surface area contributed by atoms with Crippen molar-refractivity contribution in [3.05, 3.63) is 17.2 Å². The van der Waals surface area contributed by atoms with E-state index in [1.807, 2.05) is 0 Å². The van der Waals surface area contributed by atoms with Crippen LogP contribution in [0.4, 0.5) is 0 Å². The third kappa shape index (κ3) is 2.65. The Hall–Kier alpha value is -1.95.